The predicted octanol–water partition coefficient (Wildman–Crippen LogP) is 0.113. The number of anilines is 1. The minimum Gasteiger partial charge on any atom is -0.476 e. The second kappa shape index (κ2) is 6.41. The first-order chi connectivity index (χ1) is 8.13. The van der Waals surface area contributed by atoms with Gasteiger partial charge >= 0.3 is 5.97 Å². The van der Waals surface area contributed by atoms with Crippen LogP contribution in [0.15, 0.2) is 12.4 Å². The Kier molecular flexibility index (Phi) is 4.86. The van der Waals surface area contributed by atoms with Gasteiger partial charge < -0.3 is 15.7 Å². The van der Waals surface area contributed by atoms with E-state index < -0.39 is 5.97 Å². The maximum Gasteiger partial charge on any atom is 0.356 e. The molecule has 3 N–H and O–H groups in total. The fraction of sp³-hybridized carbons (Fsp3) is 0.400. The van der Waals surface area contributed by atoms with E-state index in [4.69, 9.17) is 5.11 Å². The van der Waals surface area contributed by atoms with E-state index in [1.807, 2.05) is 6.92 Å². The molecular formula is C10H14N4O3. The van der Waals surface area contributed by atoms with E-state index in [-0.39, 0.29) is 11.6 Å². The van der Waals surface area contributed by atoms with Gasteiger partial charge in [-0.1, -0.05) is 0 Å². The second-order valence-electron chi connectivity index (χ2n) is 3.22. The fourth-order valence-corrected chi connectivity index (χ4v) is 1.12. The summed E-state index contributed by atoms with van der Waals surface area (Å²) in [4.78, 5) is 29.2. The van der Waals surface area contributed by atoms with Gasteiger partial charge in [-0.2, -0.15) is 0 Å². The van der Waals surface area contributed by atoms with E-state index in [9.17, 15) is 9.59 Å². The van der Waals surface area contributed by atoms with Gasteiger partial charge in [-0.3, -0.25) is 4.79 Å². The lowest BCUT2D eigenvalue weighted by molar-refractivity contribution is -0.120. The van der Waals surface area contributed by atoms with Gasteiger partial charge in [0.25, 0.3) is 0 Å². The van der Waals surface area contributed by atoms with Gasteiger partial charge in [-0.05, 0) is 6.92 Å². The van der Waals surface area contributed by atoms with Gasteiger partial charge in [-0.25, -0.2) is 14.8 Å². The number of nitrogens with zero attached hydrogens (tertiary/aromatic N) is 2. The average Bonchev–Trinajstić information content (AvgIpc) is 2.30. The van der Waals surface area contributed by atoms with Crippen LogP contribution in [-0.4, -0.2) is 40.0 Å². The molecule has 7 heteroatoms. The van der Waals surface area contributed by atoms with Crippen molar-refractivity contribution in [2.45, 2.75) is 13.3 Å². The third kappa shape index (κ3) is 4.45. The Bertz CT molecular complexity index is 391. The van der Waals surface area contributed by atoms with E-state index >= 15 is 0 Å². The number of rotatable bonds is 6. The van der Waals surface area contributed by atoms with Crippen molar-refractivity contribution in [3.05, 3.63) is 18.1 Å². The first-order valence-electron chi connectivity index (χ1n) is 5.19. The summed E-state index contributed by atoms with van der Waals surface area (Å²) in [6.07, 6.45) is 2.81. The van der Waals surface area contributed by atoms with E-state index in [0.29, 0.717) is 25.3 Å². The van der Waals surface area contributed by atoms with E-state index in [1.54, 1.807) is 0 Å². The van der Waals surface area contributed by atoms with Crippen LogP contribution in [0.3, 0.4) is 0 Å². The Hall–Kier alpha value is -2.18. The molecule has 0 aliphatic heterocycles. The molecular weight excluding hydrogens is 224 g/mol. The summed E-state index contributed by atoms with van der Waals surface area (Å²) < 4.78 is 0. The summed E-state index contributed by atoms with van der Waals surface area (Å²) >= 11 is 0. The Morgan fingerprint density at radius 2 is 2.12 bits per heavy atom. The molecule has 1 amide bonds. The van der Waals surface area contributed by atoms with Crippen LogP contribution < -0.4 is 10.6 Å². The molecule has 0 bridgehead atoms. The SMILES string of the molecule is CCNC(=O)CCNc1cnc(C(=O)O)cn1. The molecule has 0 aliphatic rings. The molecule has 0 spiro atoms. The summed E-state index contributed by atoms with van der Waals surface area (Å²) in [6, 6.07) is 0. The van der Waals surface area contributed by atoms with Crippen molar-refractivity contribution in [2.75, 3.05) is 18.4 Å². The van der Waals surface area contributed by atoms with Crippen molar-refractivity contribution in [1.29, 1.82) is 0 Å². The van der Waals surface area contributed by atoms with Crippen molar-refractivity contribution in [1.82, 2.24) is 15.3 Å². The topological polar surface area (TPSA) is 104 Å². The zero-order valence-electron chi connectivity index (χ0n) is 9.43. The maximum atomic E-state index is 11.1. The molecule has 1 aromatic heterocycles. The second-order valence-corrected chi connectivity index (χ2v) is 3.22. The van der Waals surface area contributed by atoms with Crippen molar-refractivity contribution in [3.63, 3.8) is 0 Å². The molecule has 0 aromatic carbocycles. The summed E-state index contributed by atoms with van der Waals surface area (Å²) in [7, 11) is 0. The quantitative estimate of drug-likeness (QED) is 0.650. The summed E-state index contributed by atoms with van der Waals surface area (Å²) in [5.41, 5.74) is -0.112. The van der Waals surface area contributed by atoms with Crippen LogP contribution in [0.2, 0.25) is 0 Å². The van der Waals surface area contributed by atoms with Gasteiger partial charge in [0.05, 0.1) is 12.4 Å². The third-order valence-electron chi connectivity index (χ3n) is 1.90. The fourth-order valence-electron chi connectivity index (χ4n) is 1.12. The van der Waals surface area contributed by atoms with Crippen molar-refractivity contribution < 1.29 is 14.7 Å². The van der Waals surface area contributed by atoms with E-state index in [1.165, 1.54) is 6.20 Å². The molecule has 92 valence electrons. The first kappa shape index (κ1) is 12.9. The van der Waals surface area contributed by atoms with Gasteiger partial charge in [0.15, 0.2) is 5.69 Å². The number of hydrogen-bond donors (Lipinski definition) is 3. The minimum absolute atomic E-state index is 0.0462. The average molecular weight is 238 g/mol. The smallest absolute Gasteiger partial charge is 0.356 e. The monoisotopic (exact) mass is 238 g/mol. The van der Waals surface area contributed by atoms with Gasteiger partial charge in [0.1, 0.15) is 5.82 Å². The van der Waals surface area contributed by atoms with Crippen molar-refractivity contribution in [2.24, 2.45) is 0 Å². The number of carboxylic acid groups (broad SMARTS) is 1. The number of aromatic carboxylic acids is 1. The van der Waals surface area contributed by atoms with Crippen molar-refractivity contribution >= 4 is 17.7 Å². The van der Waals surface area contributed by atoms with Crippen LogP contribution in [-0.2, 0) is 4.79 Å². The molecule has 0 aliphatic carbocycles. The Balaban J connectivity index is 2.37. The van der Waals surface area contributed by atoms with Gasteiger partial charge in [0, 0.05) is 19.5 Å². The molecule has 0 saturated carbocycles. The standard InChI is InChI=1S/C10H14N4O3/c1-2-11-9(15)3-4-12-8-6-13-7(5-14-8)10(16)17/h5-6H,2-4H2,1H3,(H,11,15)(H,12,14)(H,16,17). The zero-order chi connectivity index (χ0) is 12.7. The highest BCUT2D eigenvalue weighted by atomic mass is 16.4. The minimum atomic E-state index is -1.12. The van der Waals surface area contributed by atoms with Gasteiger partial charge in [-0.15, -0.1) is 0 Å². The molecule has 1 aromatic rings. The lowest BCUT2D eigenvalue weighted by Gasteiger charge is -2.05. The normalized spacial score (nSPS) is 9.71. The molecule has 17 heavy (non-hydrogen) atoms. The molecule has 0 unspecified atom stereocenters. The zero-order valence-corrected chi connectivity index (χ0v) is 9.43. The molecule has 0 atom stereocenters. The van der Waals surface area contributed by atoms with Crippen LogP contribution in [0.5, 0.6) is 0 Å². The number of nitrogens with one attached hydrogen (secondary N) is 2. The number of carbonyl (C=O) groups is 2. The lowest BCUT2D eigenvalue weighted by Crippen LogP contribution is -2.24. The van der Waals surface area contributed by atoms with Crippen LogP contribution in [0.4, 0.5) is 5.82 Å². The van der Waals surface area contributed by atoms with E-state index in [0.717, 1.165) is 6.20 Å². The first-order valence-corrected chi connectivity index (χ1v) is 5.19. The number of carbonyl (C=O) groups excluding carboxylic acids is 1. The Morgan fingerprint density at radius 3 is 2.65 bits per heavy atom. The molecule has 1 rings (SSSR count). The summed E-state index contributed by atoms with van der Waals surface area (Å²) in [5.74, 6) is -0.721. The largest absolute Gasteiger partial charge is 0.476 e. The number of aromatic nitrogens is 2. The highest BCUT2D eigenvalue weighted by molar-refractivity contribution is 5.84. The predicted molar refractivity (Wildman–Crippen MR) is 60.8 cm³/mol. The maximum absolute atomic E-state index is 11.1. The molecule has 0 radical (unpaired) electrons. The number of hydrogen-bond acceptors (Lipinski definition) is 5. The van der Waals surface area contributed by atoms with Crippen LogP contribution in [0.25, 0.3) is 0 Å². The lowest BCUT2D eigenvalue weighted by atomic mass is 10.4. The highest BCUT2D eigenvalue weighted by Gasteiger charge is 2.04. The third-order valence-corrected chi connectivity index (χ3v) is 1.90. The summed E-state index contributed by atoms with van der Waals surface area (Å²) in [5, 5.41) is 14.1. The Morgan fingerprint density at radius 1 is 1.35 bits per heavy atom. The Labute approximate surface area is 98.3 Å². The highest BCUT2D eigenvalue weighted by Crippen LogP contribution is 2.00. The number of carboxylic acids is 1. The van der Waals surface area contributed by atoms with Crippen LogP contribution >= 0.6 is 0 Å². The molecule has 0 fully saturated rings. The number of amides is 1. The molecule has 0 saturated heterocycles. The molecule has 1 heterocycles. The van der Waals surface area contributed by atoms with Crippen LogP contribution in [0, 0.1) is 0 Å². The summed E-state index contributed by atoms with van der Waals surface area (Å²) in [6.45, 7) is 2.88. The van der Waals surface area contributed by atoms with Crippen LogP contribution in [0.1, 0.15) is 23.8 Å². The van der Waals surface area contributed by atoms with E-state index in [2.05, 4.69) is 20.6 Å². The molecule has 7 nitrogen and oxygen atoms in total. The van der Waals surface area contributed by atoms with Gasteiger partial charge in [0.2, 0.25) is 5.91 Å². The van der Waals surface area contributed by atoms with Crippen molar-refractivity contribution in [3.8, 4) is 0 Å².